The zero-order valence-corrected chi connectivity index (χ0v) is 14.5. The van der Waals surface area contributed by atoms with Crippen molar-refractivity contribution in [3.05, 3.63) is 53.6 Å². The summed E-state index contributed by atoms with van der Waals surface area (Å²) in [6.45, 7) is 1.96. The van der Waals surface area contributed by atoms with Gasteiger partial charge in [-0.15, -0.1) is 0 Å². The van der Waals surface area contributed by atoms with E-state index < -0.39 is 21.7 Å². The summed E-state index contributed by atoms with van der Waals surface area (Å²) in [4.78, 5) is 13.2. The van der Waals surface area contributed by atoms with Crippen LogP contribution in [0.1, 0.15) is 12.5 Å². The highest BCUT2D eigenvalue weighted by atomic mass is 32.2. The molecule has 1 heterocycles. The maximum Gasteiger partial charge on any atom is 0.264 e. The number of nitrogens with zero attached hydrogens (tertiary/aromatic N) is 2. The van der Waals surface area contributed by atoms with Crippen LogP contribution >= 0.6 is 0 Å². The van der Waals surface area contributed by atoms with Gasteiger partial charge in [0.15, 0.2) is 11.6 Å². The van der Waals surface area contributed by atoms with Gasteiger partial charge in [0.05, 0.1) is 10.6 Å². The Balaban J connectivity index is 1.98. The lowest BCUT2D eigenvalue weighted by molar-refractivity contribution is -0.116. The van der Waals surface area contributed by atoms with Gasteiger partial charge in [-0.25, -0.2) is 17.2 Å². The molecule has 132 valence electrons. The molecule has 2 aromatic carbocycles. The first kappa shape index (κ1) is 17.3. The fraction of sp³-hybridized carbons (Fsp3) is 0.235. The molecule has 0 saturated heterocycles. The van der Waals surface area contributed by atoms with E-state index in [4.69, 9.17) is 0 Å². The van der Waals surface area contributed by atoms with Gasteiger partial charge in [-0.2, -0.15) is 0 Å². The number of sulfonamides is 1. The molecule has 5 nitrogen and oxygen atoms in total. The zero-order valence-electron chi connectivity index (χ0n) is 13.7. The van der Waals surface area contributed by atoms with Crippen LogP contribution in [0.4, 0.5) is 20.2 Å². The van der Waals surface area contributed by atoms with Gasteiger partial charge in [-0.05, 0) is 42.3 Å². The molecule has 0 saturated carbocycles. The van der Waals surface area contributed by atoms with Gasteiger partial charge in [-0.3, -0.25) is 9.10 Å². The topological polar surface area (TPSA) is 57.7 Å². The number of amides is 1. The van der Waals surface area contributed by atoms with Crippen molar-refractivity contribution in [2.24, 2.45) is 0 Å². The summed E-state index contributed by atoms with van der Waals surface area (Å²) in [7, 11) is -2.67. The lowest BCUT2D eigenvalue weighted by Gasteiger charge is -2.20. The third-order valence-corrected chi connectivity index (χ3v) is 6.03. The SMILES string of the molecule is CC(=O)N1CCc2cc(S(=O)(=O)N(C)c3ccc(F)c(F)c3)ccc21. The molecule has 0 radical (unpaired) electrons. The summed E-state index contributed by atoms with van der Waals surface area (Å²) in [6.07, 6.45) is 0.563. The number of carbonyl (C=O) groups excluding carboxylic acids is 1. The van der Waals surface area contributed by atoms with E-state index in [1.807, 2.05) is 0 Å². The van der Waals surface area contributed by atoms with E-state index in [-0.39, 0.29) is 16.5 Å². The lowest BCUT2D eigenvalue weighted by atomic mass is 10.2. The average molecular weight is 366 g/mol. The number of benzene rings is 2. The average Bonchev–Trinajstić information content (AvgIpc) is 3.00. The highest BCUT2D eigenvalue weighted by molar-refractivity contribution is 7.92. The Morgan fingerprint density at radius 1 is 1.12 bits per heavy atom. The molecular formula is C17H16F2N2O3S. The Morgan fingerprint density at radius 3 is 2.48 bits per heavy atom. The highest BCUT2D eigenvalue weighted by Gasteiger charge is 2.27. The van der Waals surface area contributed by atoms with Crippen molar-refractivity contribution in [1.82, 2.24) is 0 Å². The minimum Gasteiger partial charge on any atom is -0.312 e. The van der Waals surface area contributed by atoms with E-state index in [1.54, 1.807) is 11.0 Å². The van der Waals surface area contributed by atoms with Gasteiger partial charge in [0.25, 0.3) is 10.0 Å². The van der Waals surface area contributed by atoms with Gasteiger partial charge < -0.3 is 4.90 Å². The zero-order chi connectivity index (χ0) is 18.4. The van der Waals surface area contributed by atoms with Crippen LogP contribution in [0.15, 0.2) is 41.3 Å². The van der Waals surface area contributed by atoms with E-state index in [9.17, 15) is 22.0 Å². The summed E-state index contributed by atoms with van der Waals surface area (Å²) in [5, 5.41) is 0. The normalized spacial score (nSPS) is 13.7. The van der Waals surface area contributed by atoms with E-state index in [2.05, 4.69) is 0 Å². The standard InChI is InChI=1S/C17H16F2N2O3S/c1-11(22)21-8-7-12-9-14(4-6-17(12)21)25(23,24)20(2)13-3-5-15(18)16(19)10-13/h3-6,9-10H,7-8H2,1-2H3. The van der Waals surface area contributed by atoms with Crippen molar-refractivity contribution in [1.29, 1.82) is 0 Å². The fourth-order valence-electron chi connectivity index (χ4n) is 2.84. The monoisotopic (exact) mass is 366 g/mol. The molecule has 0 atom stereocenters. The first-order valence-corrected chi connectivity index (χ1v) is 9.01. The molecule has 25 heavy (non-hydrogen) atoms. The Bertz CT molecular complexity index is 960. The van der Waals surface area contributed by atoms with Crippen molar-refractivity contribution in [3.8, 4) is 0 Å². The first-order valence-electron chi connectivity index (χ1n) is 7.57. The predicted octanol–water partition coefficient (Wildman–Crippen LogP) is 2.70. The lowest BCUT2D eigenvalue weighted by Crippen LogP contribution is -2.27. The van der Waals surface area contributed by atoms with Crippen LogP contribution in [0.25, 0.3) is 0 Å². The molecule has 0 fully saturated rings. The maximum absolute atomic E-state index is 13.4. The van der Waals surface area contributed by atoms with Gasteiger partial charge in [0.2, 0.25) is 5.91 Å². The second kappa shape index (κ2) is 6.11. The van der Waals surface area contributed by atoms with E-state index in [1.165, 1.54) is 32.2 Å². The number of anilines is 2. The molecule has 8 heteroatoms. The molecule has 0 N–H and O–H groups in total. The summed E-state index contributed by atoms with van der Waals surface area (Å²) in [5.74, 6) is -2.27. The van der Waals surface area contributed by atoms with Crippen LogP contribution in [0.5, 0.6) is 0 Å². The number of carbonyl (C=O) groups is 1. The Hall–Kier alpha value is -2.48. The van der Waals surface area contributed by atoms with Gasteiger partial charge in [0.1, 0.15) is 0 Å². The molecule has 1 amide bonds. The quantitative estimate of drug-likeness (QED) is 0.839. The summed E-state index contributed by atoms with van der Waals surface area (Å²) in [5.41, 5.74) is 1.47. The Labute approximate surface area is 144 Å². The van der Waals surface area contributed by atoms with Gasteiger partial charge in [0, 0.05) is 32.3 Å². The molecule has 0 aliphatic carbocycles. The minimum absolute atomic E-state index is 0.0183. The second-order valence-electron chi connectivity index (χ2n) is 5.78. The van der Waals surface area contributed by atoms with Crippen LogP contribution < -0.4 is 9.21 Å². The van der Waals surface area contributed by atoms with Crippen LogP contribution in [-0.4, -0.2) is 27.9 Å². The van der Waals surface area contributed by atoms with Crippen molar-refractivity contribution in [2.45, 2.75) is 18.2 Å². The number of hydrogen-bond acceptors (Lipinski definition) is 3. The molecule has 1 aliphatic heterocycles. The minimum atomic E-state index is -3.94. The molecule has 0 aromatic heterocycles. The highest BCUT2D eigenvalue weighted by Crippen LogP contribution is 2.32. The maximum atomic E-state index is 13.4. The largest absolute Gasteiger partial charge is 0.312 e. The molecule has 0 unspecified atom stereocenters. The number of halogens is 2. The van der Waals surface area contributed by atoms with Crippen molar-refractivity contribution < 1.29 is 22.0 Å². The van der Waals surface area contributed by atoms with Crippen LogP contribution in [0, 0.1) is 11.6 Å². The van der Waals surface area contributed by atoms with Crippen molar-refractivity contribution >= 4 is 27.3 Å². The smallest absolute Gasteiger partial charge is 0.264 e. The molecule has 2 aromatic rings. The van der Waals surface area contributed by atoms with E-state index in [0.717, 1.165) is 22.0 Å². The fourth-order valence-corrected chi connectivity index (χ4v) is 4.08. The van der Waals surface area contributed by atoms with Crippen molar-refractivity contribution in [3.63, 3.8) is 0 Å². The van der Waals surface area contributed by atoms with Crippen LogP contribution in [0.3, 0.4) is 0 Å². The molecular weight excluding hydrogens is 350 g/mol. The third-order valence-electron chi connectivity index (χ3n) is 4.25. The first-order chi connectivity index (χ1) is 11.7. The van der Waals surface area contributed by atoms with E-state index >= 15 is 0 Å². The Kier molecular flexibility index (Phi) is 4.24. The molecule has 0 bridgehead atoms. The summed E-state index contributed by atoms with van der Waals surface area (Å²) in [6, 6.07) is 7.42. The Morgan fingerprint density at radius 2 is 1.84 bits per heavy atom. The number of fused-ring (bicyclic) bond motifs is 1. The summed E-state index contributed by atoms with van der Waals surface area (Å²) >= 11 is 0. The number of hydrogen-bond donors (Lipinski definition) is 0. The van der Waals surface area contributed by atoms with Crippen LogP contribution in [0.2, 0.25) is 0 Å². The molecule has 0 spiro atoms. The third kappa shape index (κ3) is 2.97. The van der Waals surface area contributed by atoms with E-state index in [0.29, 0.717) is 18.7 Å². The van der Waals surface area contributed by atoms with Gasteiger partial charge >= 0.3 is 0 Å². The molecule has 1 aliphatic rings. The summed E-state index contributed by atoms with van der Waals surface area (Å²) < 4.78 is 52.9. The van der Waals surface area contributed by atoms with Gasteiger partial charge in [-0.1, -0.05) is 0 Å². The second-order valence-corrected chi connectivity index (χ2v) is 7.75. The van der Waals surface area contributed by atoms with Crippen LogP contribution in [-0.2, 0) is 21.2 Å². The predicted molar refractivity (Wildman–Crippen MR) is 90.1 cm³/mol. The van der Waals surface area contributed by atoms with Crippen molar-refractivity contribution in [2.75, 3.05) is 22.8 Å². The molecule has 3 rings (SSSR count). The number of rotatable bonds is 3.